The maximum atomic E-state index is 12.7. The standard InChI is InChI=1S/C17H25N5O.2ClH/c1-10(2)15-5-13(17(23)19-8-12-6-18-7-12)14-9-20-22(11(3)4)16(14)21-15;;/h5,9-12,18H,6-8H2,1-4H3,(H,19,23);2*1H. The van der Waals surface area contributed by atoms with Crippen LogP contribution in [-0.2, 0) is 0 Å². The predicted molar refractivity (Wildman–Crippen MR) is 105 cm³/mol. The Kier molecular flexibility index (Phi) is 7.65. The van der Waals surface area contributed by atoms with Gasteiger partial charge in [-0.3, -0.25) is 4.79 Å². The van der Waals surface area contributed by atoms with Crippen LogP contribution < -0.4 is 10.6 Å². The van der Waals surface area contributed by atoms with E-state index in [1.54, 1.807) is 6.20 Å². The van der Waals surface area contributed by atoms with Crippen LogP contribution in [-0.4, -0.2) is 40.3 Å². The van der Waals surface area contributed by atoms with E-state index in [1.165, 1.54) is 0 Å². The van der Waals surface area contributed by atoms with Crippen molar-refractivity contribution >= 4 is 41.8 Å². The second-order valence-electron chi connectivity index (χ2n) is 6.90. The van der Waals surface area contributed by atoms with Gasteiger partial charge in [-0.1, -0.05) is 13.8 Å². The van der Waals surface area contributed by atoms with Gasteiger partial charge in [-0.2, -0.15) is 5.10 Å². The highest BCUT2D eigenvalue weighted by Gasteiger charge is 2.21. The third-order valence-electron chi connectivity index (χ3n) is 4.33. The SMILES string of the molecule is CC(C)c1cc(C(=O)NCC2CNC2)c2cnn(C(C)C)c2n1.Cl.Cl. The topological polar surface area (TPSA) is 71.8 Å². The molecule has 1 amide bonds. The van der Waals surface area contributed by atoms with Gasteiger partial charge < -0.3 is 10.6 Å². The summed E-state index contributed by atoms with van der Waals surface area (Å²) in [5, 5.41) is 11.5. The van der Waals surface area contributed by atoms with Gasteiger partial charge in [0.1, 0.15) is 0 Å². The van der Waals surface area contributed by atoms with Crippen LogP contribution in [0.4, 0.5) is 0 Å². The lowest BCUT2D eigenvalue weighted by Gasteiger charge is -2.27. The molecule has 6 nitrogen and oxygen atoms in total. The van der Waals surface area contributed by atoms with Crippen molar-refractivity contribution in [3.8, 4) is 0 Å². The number of halogens is 2. The van der Waals surface area contributed by atoms with Crippen molar-refractivity contribution in [3.05, 3.63) is 23.5 Å². The summed E-state index contributed by atoms with van der Waals surface area (Å²) in [6.45, 7) is 11.0. The monoisotopic (exact) mass is 387 g/mol. The average Bonchev–Trinajstić information content (AvgIpc) is 2.88. The van der Waals surface area contributed by atoms with E-state index >= 15 is 0 Å². The maximum Gasteiger partial charge on any atom is 0.252 e. The molecule has 1 fully saturated rings. The van der Waals surface area contributed by atoms with Crippen molar-refractivity contribution < 1.29 is 4.79 Å². The quantitative estimate of drug-likeness (QED) is 0.826. The molecule has 0 radical (unpaired) electrons. The smallest absolute Gasteiger partial charge is 0.252 e. The number of fused-ring (bicyclic) bond motifs is 1. The molecule has 0 atom stereocenters. The van der Waals surface area contributed by atoms with E-state index in [2.05, 4.69) is 43.4 Å². The fraction of sp³-hybridized carbons (Fsp3) is 0.588. The van der Waals surface area contributed by atoms with Gasteiger partial charge in [0.25, 0.3) is 5.91 Å². The predicted octanol–water partition coefficient (Wildman–Crippen LogP) is 2.93. The molecular formula is C17H27Cl2N5O. The second kappa shape index (κ2) is 8.83. The third kappa shape index (κ3) is 4.43. The number of carbonyl (C=O) groups excluding carboxylic acids is 1. The molecular weight excluding hydrogens is 361 g/mol. The van der Waals surface area contributed by atoms with Gasteiger partial charge in [0, 0.05) is 37.3 Å². The number of pyridine rings is 1. The molecule has 0 aromatic carbocycles. The minimum atomic E-state index is -0.0329. The second-order valence-corrected chi connectivity index (χ2v) is 6.90. The zero-order chi connectivity index (χ0) is 16.6. The number of nitrogens with one attached hydrogen (secondary N) is 2. The first kappa shape index (κ1) is 21.7. The van der Waals surface area contributed by atoms with E-state index in [0.29, 0.717) is 18.0 Å². The van der Waals surface area contributed by atoms with E-state index in [-0.39, 0.29) is 42.7 Å². The fourth-order valence-electron chi connectivity index (χ4n) is 2.72. The minimum Gasteiger partial charge on any atom is -0.352 e. The summed E-state index contributed by atoms with van der Waals surface area (Å²) in [5.41, 5.74) is 2.40. The number of rotatable bonds is 5. The summed E-state index contributed by atoms with van der Waals surface area (Å²) in [6.07, 6.45) is 1.76. The van der Waals surface area contributed by atoms with Crippen LogP contribution in [0, 0.1) is 5.92 Å². The normalized spacial score (nSPS) is 14.2. The van der Waals surface area contributed by atoms with Crippen molar-refractivity contribution in [1.29, 1.82) is 0 Å². The van der Waals surface area contributed by atoms with Crippen molar-refractivity contribution in [3.63, 3.8) is 0 Å². The number of nitrogens with zero attached hydrogens (tertiary/aromatic N) is 3. The average molecular weight is 388 g/mol. The van der Waals surface area contributed by atoms with Crippen LogP contribution in [0.5, 0.6) is 0 Å². The zero-order valence-electron chi connectivity index (χ0n) is 15.1. The number of carbonyl (C=O) groups is 1. The first-order valence-corrected chi connectivity index (χ1v) is 8.34. The van der Waals surface area contributed by atoms with Crippen LogP contribution >= 0.6 is 24.8 Å². The Morgan fingerprint density at radius 2 is 2.00 bits per heavy atom. The molecule has 2 aromatic heterocycles. The number of aromatic nitrogens is 3. The Balaban J connectivity index is 0.00000156. The van der Waals surface area contributed by atoms with Gasteiger partial charge in [0.05, 0.1) is 17.1 Å². The molecule has 1 saturated heterocycles. The molecule has 3 rings (SSSR count). The third-order valence-corrected chi connectivity index (χ3v) is 4.33. The molecule has 1 aliphatic heterocycles. The Hall–Kier alpha value is -1.37. The highest BCUT2D eigenvalue weighted by molar-refractivity contribution is 6.05. The number of hydrogen-bond acceptors (Lipinski definition) is 4. The molecule has 1 aliphatic rings. The first-order chi connectivity index (χ1) is 11.0. The van der Waals surface area contributed by atoms with Crippen molar-refractivity contribution in [1.82, 2.24) is 25.4 Å². The fourth-order valence-corrected chi connectivity index (χ4v) is 2.72. The van der Waals surface area contributed by atoms with Crippen molar-refractivity contribution in [2.75, 3.05) is 19.6 Å². The lowest BCUT2D eigenvalue weighted by Crippen LogP contribution is -2.48. The number of hydrogen-bond donors (Lipinski definition) is 2. The lowest BCUT2D eigenvalue weighted by molar-refractivity contribution is 0.0943. The molecule has 0 aliphatic carbocycles. The van der Waals surface area contributed by atoms with Gasteiger partial charge >= 0.3 is 0 Å². The maximum absolute atomic E-state index is 12.7. The lowest BCUT2D eigenvalue weighted by atomic mass is 10.0. The molecule has 0 bridgehead atoms. The van der Waals surface area contributed by atoms with E-state index in [4.69, 9.17) is 4.98 Å². The summed E-state index contributed by atoms with van der Waals surface area (Å²) >= 11 is 0. The van der Waals surface area contributed by atoms with E-state index in [9.17, 15) is 4.79 Å². The van der Waals surface area contributed by atoms with Crippen LogP contribution in [0.15, 0.2) is 12.3 Å². The summed E-state index contributed by atoms with van der Waals surface area (Å²) in [7, 11) is 0. The Morgan fingerprint density at radius 1 is 1.32 bits per heavy atom. The van der Waals surface area contributed by atoms with E-state index < -0.39 is 0 Å². The van der Waals surface area contributed by atoms with Gasteiger partial charge in [0.15, 0.2) is 5.65 Å². The zero-order valence-corrected chi connectivity index (χ0v) is 16.7. The summed E-state index contributed by atoms with van der Waals surface area (Å²) in [4.78, 5) is 17.4. The summed E-state index contributed by atoms with van der Waals surface area (Å²) < 4.78 is 1.88. The Labute approximate surface area is 161 Å². The summed E-state index contributed by atoms with van der Waals surface area (Å²) in [5.74, 6) is 0.769. The Bertz CT molecular complexity index is 725. The van der Waals surface area contributed by atoms with Crippen molar-refractivity contribution in [2.24, 2.45) is 5.92 Å². The molecule has 140 valence electrons. The molecule has 0 unspecified atom stereocenters. The van der Waals surface area contributed by atoms with Crippen LogP contribution in [0.3, 0.4) is 0 Å². The van der Waals surface area contributed by atoms with Crippen LogP contribution in [0.1, 0.15) is 55.7 Å². The van der Waals surface area contributed by atoms with Crippen LogP contribution in [0.25, 0.3) is 11.0 Å². The van der Waals surface area contributed by atoms with Gasteiger partial charge in [-0.25, -0.2) is 9.67 Å². The first-order valence-electron chi connectivity index (χ1n) is 8.34. The molecule has 25 heavy (non-hydrogen) atoms. The van der Waals surface area contributed by atoms with Crippen molar-refractivity contribution in [2.45, 2.75) is 39.7 Å². The van der Waals surface area contributed by atoms with E-state index in [0.717, 1.165) is 29.8 Å². The molecule has 2 aromatic rings. The van der Waals surface area contributed by atoms with Gasteiger partial charge in [-0.05, 0) is 25.8 Å². The van der Waals surface area contributed by atoms with E-state index in [1.807, 2.05) is 10.7 Å². The molecule has 0 saturated carbocycles. The molecule has 3 heterocycles. The molecule has 2 N–H and O–H groups in total. The molecule has 8 heteroatoms. The Morgan fingerprint density at radius 3 is 2.52 bits per heavy atom. The highest BCUT2D eigenvalue weighted by atomic mass is 35.5. The largest absolute Gasteiger partial charge is 0.352 e. The van der Waals surface area contributed by atoms with Gasteiger partial charge in [0.2, 0.25) is 0 Å². The van der Waals surface area contributed by atoms with Gasteiger partial charge in [-0.15, -0.1) is 24.8 Å². The van der Waals surface area contributed by atoms with Crippen LogP contribution in [0.2, 0.25) is 0 Å². The highest BCUT2D eigenvalue weighted by Crippen LogP contribution is 2.24. The summed E-state index contributed by atoms with van der Waals surface area (Å²) in [6, 6.07) is 2.12. The number of amides is 1. The molecule has 0 spiro atoms. The minimum absolute atomic E-state index is 0.